The number of fused-ring (bicyclic) bond motifs is 6. The lowest BCUT2D eigenvalue weighted by Crippen LogP contribution is -2.14. The number of para-hydroxylation sites is 2. The molecule has 2 nitrogen and oxygen atoms in total. The molecule has 0 aliphatic heterocycles. The second-order valence-electron chi connectivity index (χ2n) is 11.1. The quantitative estimate of drug-likeness (QED) is 0.212. The van der Waals surface area contributed by atoms with E-state index in [0.29, 0.717) is 11.0 Å². The van der Waals surface area contributed by atoms with Crippen LogP contribution in [-0.4, -0.2) is 9.55 Å². The molecule has 0 unspecified atom stereocenters. The first-order chi connectivity index (χ1) is 21.5. The Bertz CT molecular complexity index is 2270. The number of aromatic nitrogens is 2. The molecule has 1 aliphatic rings. The molecule has 7 aromatic rings. The van der Waals surface area contributed by atoms with E-state index in [9.17, 15) is 0 Å². The number of hydrogen-bond acceptors (Lipinski definition) is 1. The Morgan fingerprint density at radius 2 is 1.32 bits per heavy atom. The van der Waals surface area contributed by atoms with Crippen LogP contribution in [0.25, 0.3) is 60.5 Å². The molecule has 2 heteroatoms. The normalized spacial score (nSPS) is 16.2. The zero-order valence-corrected chi connectivity index (χ0v) is 22.4. The Morgan fingerprint density at radius 1 is 0.700 bits per heavy atom. The van der Waals surface area contributed by atoms with Crippen LogP contribution in [-0.2, 0) is 11.8 Å². The molecule has 0 fully saturated rings. The van der Waals surface area contributed by atoms with E-state index in [1.54, 1.807) is 10.6 Å². The number of rotatable bonds is 3. The largest absolute Gasteiger partial charge is 0.295 e. The molecule has 8 rings (SSSR count). The smallest absolute Gasteiger partial charge is 0.114 e. The molecule has 40 heavy (non-hydrogen) atoms. The second kappa shape index (κ2) is 8.40. The summed E-state index contributed by atoms with van der Waals surface area (Å²) in [4.78, 5) is 4.62. The van der Waals surface area contributed by atoms with Crippen LogP contribution >= 0.6 is 0 Å². The third-order valence-electron chi connectivity index (χ3n) is 8.67. The SMILES string of the molecule is [2H]C([2H])([2H])C([2H])([2H])c1nc2ccccc2n1-c1c2ccccc2c(-c2ccc3c(c2)C(C)(C)c2ccccc2-3)c2ccccc12. The van der Waals surface area contributed by atoms with Crippen LogP contribution in [0.4, 0.5) is 0 Å². The molecular formula is C38H30N2. The molecule has 0 bridgehead atoms. The van der Waals surface area contributed by atoms with Gasteiger partial charge in [-0.25, -0.2) is 4.98 Å². The summed E-state index contributed by atoms with van der Waals surface area (Å²) in [5, 5.41) is 3.77. The number of imidazole rings is 1. The van der Waals surface area contributed by atoms with E-state index in [4.69, 9.17) is 6.85 Å². The molecule has 1 aliphatic carbocycles. The van der Waals surface area contributed by atoms with Crippen LogP contribution in [0.1, 0.15) is 44.5 Å². The maximum Gasteiger partial charge on any atom is 0.114 e. The standard InChI is InChI=1S/C38H30N2/c1-4-35-39-33-19-11-12-20-34(33)40(35)37-29-16-7-5-14-27(29)36(28-15-6-8-17-30(28)37)24-21-22-26-25-13-9-10-18-31(25)38(2,3)32(26)23-24/h5-23H,4H2,1-3H3/i1D3,4D2. The van der Waals surface area contributed by atoms with Gasteiger partial charge in [-0.2, -0.15) is 0 Å². The molecule has 0 saturated heterocycles. The van der Waals surface area contributed by atoms with Gasteiger partial charge < -0.3 is 0 Å². The Balaban J connectivity index is 1.48. The van der Waals surface area contributed by atoms with Crippen molar-refractivity contribution in [3.63, 3.8) is 0 Å². The van der Waals surface area contributed by atoms with Crippen molar-refractivity contribution >= 4 is 32.6 Å². The molecule has 192 valence electrons. The summed E-state index contributed by atoms with van der Waals surface area (Å²) < 4.78 is 43.7. The zero-order chi connectivity index (χ0) is 31.3. The maximum absolute atomic E-state index is 8.82. The molecule has 1 aromatic heterocycles. The van der Waals surface area contributed by atoms with Crippen molar-refractivity contribution in [2.45, 2.75) is 32.5 Å². The molecular weight excluding hydrogens is 484 g/mol. The van der Waals surface area contributed by atoms with Crippen molar-refractivity contribution in [2.75, 3.05) is 0 Å². The number of aryl methyl sites for hydroxylation is 1. The summed E-state index contributed by atoms with van der Waals surface area (Å²) in [6.45, 7) is 1.64. The monoisotopic (exact) mass is 519 g/mol. The third-order valence-corrected chi connectivity index (χ3v) is 8.67. The first kappa shape index (κ1) is 18.6. The van der Waals surface area contributed by atoms with Crippen molar-refractivity contribution in [3.8, 4) is 27.9 Å². The van der Waals surface area contributed by atoms with Gasteiger partial charge in [0.05, 0.1) is 16.7 Å². The number of benzene rings is 6. The van der Waals surface area contributed by atoms with Crippen LogP contribution in [0.3, 0.4) is 0 Å². The van der Waals surface area contributed by atoms with Crippen LogP contribution in [0.5, 0.6) is 0 Å². The van der Waals surface area contributed by atoms with Gasteiger partial charge >= 0.3 is 0 Å². The van der Waals surface area contributed by atoms with Crippen LogP contribution < -0.4 is 0 Å². The first-order valence-electron chi connectivity index (χ1n) is 16.2. The summed E-state index contributed by atoms with van der Waals surface area (Å²) >= 11 is 0. The summed E-state index contributed by atoms with van der Waals surface area (Å²) in [5.41, 5.74) is 9.08. The van der Waals surface area contributed by atoms with Crippen molar-refractivity contribution in [3.05, 3.63) is 132 Å². The summed E-state index contributed by atoms with van der Waals surface area (Å²) in [7, 11) is 0. The molecule has 0 atom stereocenters. The molecule has 0 saturated carbocycles. The van der Waals surface area contributed by atoms with Crippen molar-refractivity contribution < 1.29 is 6.85 Å². The van der Waals surface area contributed by atoms with E-state index in [1.165, 1.54) is 22.3 Å². The minimum absolute atomic E-state index is 0.135. The van der Waals surface area contributed by atoms with Gasteiger partial charge in [0, 0.05) is 29.4 Å². The summed E-state index contributed by atoms with van der Waals surface area (Å²) in [5.74, 6) is -0.135. The van der Waals surface area contributed by atoms with Gasteiger partial charge in [0.25, 0.3) is 0 Å². The lowest BCUT2D eigenvalue weighted by atomic mass is 9.81. The average Bonchev–Trinajstić information content (AvgIpc) is 3.52. The van der Waals surface area contributed by atoms with Gasteiger partial charge in [-0.3, -0.25) is 4.57 Å². The van der Waals surface area contributed by atoms with E-state index in [0.717, 1.165) is 38.4 Å². The predicted molar refractivity (Wildman–Crippen MR) is 168 cm³/mol. The van der Waals surface area contributed by atoms with E-state index in [2.05, 4.69) is 73.4 Å². The van der Waals surface area contributed by atoms with E-state index in [1.807, 2.05) is 54.6 Å². The summed E-state index contributed by atoms with van der Waals surface area (Å²) in [6, 6.07) is 39.1. The highest BCUT2D eigenvalue weighted by Gasteiger charge is 2.35. The van der Waals surface area contributed by atoms with Gasteiger partial charge in [-0.1, -0.05) is 118 Å². The topological polar surface area (TPSA) is 17.8 Å². The van der Waals surface area contributed by atoms with Crippen LogP contribution in [0.2, 0.25) is 0 Å². The highest BCUT2D eigenvalue weighted by molar-refractivity contribution is 6.18. The minimum Gasteiger partial charge on any atom is -0.295 e. The molecule has 0 spiro atoms. The Hall–Kier alpha value is -4.69. The van der Waals surface area contributed by atoms with Crippen LogP contribution in [0.15, 0.2) is 115 Å². The highest BCUT2D eigenvalue weighted by atomic mass is 15.1. The molecule has 1 heterocycles. The van der Waals surface area contributed by atoms with Crippen molar-refractivity contribution in [2.24, 2.45) is 0 Å². The minimum atomic E-state index is -2.92. The highest BCUT2D eigenvalue weighted by Crippen LogP contribution is 2.51. The first-order valence-corrected chi connectivity index (χ1v) is 13.7. The van der Waals surface area contributed by atoms with Gasteiger partial charge in [0.15, 0.2) is 0 Å². The Kier molecular flexibility index (Phi) is 3.90. The molecule has 0 radical (unpaired) electrons. The average molecular weight is 520 g/mol. The summed E-state index contributed by atoms with van der Waals surface area (Å²) in [6.07, 6.45) is -2.70. The van der Waals surface area contributed by atoms with E-state index >= 15 is 0 Å². The molecule has 6 aromatic carbocycles. The fourth-order valence-corrected chi connectivity index (χ4v) is 6.85. The zero-order valence-electron chi connectivity index (χ0n) is 27.4. The molecule has 0 N–H and O–H groups in total. The Morgan fingerprint density at radius 3 is 2.08 bits per heavy atom. The van der Waals surface area contributed by atoms with E-state index in [-0.39, 0.29) is 11.2 Å². The van der Waals surface area contributed by atoms with Crippen molar-refractivity contribution in [1.82, 2.24) is 9.55 Å². The fraction of sp³-hybridized carbons (Fsp3) is 0.132. The molecule has 0 amide bonds. The van der Waals surface area contributed by atoms with Gasteiger partial charge in [-0.15, -0.1) is 0 Å². The Labute approximate surface area is 241 Å². The lowest BCUT2D eigenvalue weighted by Gasteiger charge is -2.23. The lowest BCUT2D eigenvalue weighted by molar-refractivity contribution is 0.660. The van der Waals surface area contributed by atoms with Gasteiger partial charge in [0.1, 0.15) is 5.82 Å². The van der Waals surface area contributed by atoms with Crippen LogP contribution in [0, 0.1) is 0 Å². The number of hydrogen-bond donors (Lipinski definition) is 0. The van der Waals surface area contributed by atoms with Gasteiger partial charge in [0.2, 0.25) is 0 Å². The fourth-order valence-electron chi connectivity index (χ4n) is 6.85. The third kappa shape index (κ3) is 3.08. The van der Waals surface area contributed by atoms with Crippen molar-refractivity contribution in [1.29, 1.82) is 0 Å². The maximum atomic E-state index is 8.82. The second-order valence-corrected chi connectivity index (χ2v) is 11.1. The van der Waals surface area contributed by atoms with Gasteiger partial charge in [-0.05, 0) is 62.4 Å². The predicted octanol–water partition coefficient (Wildman–Crippen LogP) is 9.87. The number of nitrogens with zero attached hydrogens (tertiary/aromatic N) is 2. The van der Waals surface area contributed by atoms with E-state index < -0.39 is 13.2 Å².